The second kappa shape index (κ2) is 6.51. The van der Waals surface area contributed by atoms with E-state index in [0.29, 0.717) is 11.1 Å². The maximum absolute atomic E-state index is 11.8. The Kier molecular flexibility index (Phi) is 4.82. The van der Waals surface area contributed by atoms with Gasteiger partial charge >= 0.3 is 5.97 Å². The summed E-state index contributed by atoms with van der Waals surface area (Å²) in [7, 11) is 0. The molecule has 1 atom stereocenters. The molecule has 2 rings (SSSR count). The van der Waals surface area contributed by atoms with E-state index in [1.807, 2.05) is 0 Å². The summed E-state index contributed by atoms with van der Waals surface area (Å²) in [6, 6.07) is -0.723. The van der Waals surface area contributed by atoms with Crippen molar-refractivity contribution in [3.05, 3.63) is 35.3 Å². The molecule has 2 aliphatic rings. The van der Waals surface area contributed by atoms with Crippen molar-refractivity contribution < 1.29 is 24.2 Å². The number of carbonyl (C=O) groups is 3. The Bertz CT molecular complexity index is 667. The van der Waals surface area contributed by atoms with E-state index in [4.69, 9.17) is 10.5 Å². The minimum Gasteiger partial charge on any atom is -0.504 e. The third-order valence-corrected chi connectivity index (χ3v) is 3.70. The molecular formula is C17H22N2O5. The molecule has 0 spiro atoms. The van der Waals surface area contributed by atoms with Crippen molar-refractivity contribution in [1.82, 2.24) is 4.90 Å². The lowest BCUT2D eigenvalue weighted by Crippen LogP contribution is -2.42. The van der Waals surface area contributed by atoms with Crippen molar-refractivity contribution in [2.75, 3.05) is 6.54 Å². The molecule has 0 bridgehead atoms. The van der Waals surface area contributed by atoms with Crippen molar-refractivity contribution >= 4 is 17.7 Å². The van der Waals surface area contributed by atoms with E-state index in [2.05, 4.69) is 0 Å². The van der Waals surface area contributed by atoms with Gasteiger partial charge in [0.15, 0.2) is 5.76 Å². The second-order valence-electron chi connectivity index (χ2n) is 6.82. The summed E-state index contributed by atoms with van der Waals surface area (Å²) >= 11 is 0. The van der Waals surface area contributed by atoms with Gasteiger partial charge in [-0.1, -0.05) is 0 Å². The van der Waals surface area contributed by atoms with E-state index in [-0.39, 0.29) is 25.1 Å². The predicted molar refractivity (Wildman–Crippen MR) is 86.7 cm³/mol. The highest BCUT2D eigenvalue weighted by Gasteiger charge is 2.32. The van der Waals surface area contributed by atoms with Crippen molar-refractivity contribution in [2.24, 2.45) is 5.73 Å². The molecule has 0 aromatic rings. The molecule has 7 nitrogen and oxygen atoms in total. The second-order valence-corrected chi connectivity index (χ2v) is 6.82. The van der Waals surface area contributed by atoms with Crippen LogP contribution in [0.5, 0.6) is 0 Å². The van der Waals surface area contributed by atoms with E-state index >= 15 is 0 Å². The van der Waals surface area contributed by atoms with Crippen molar-refractivity contribution in [1.29, 1.82) is 0 Å². The monoisotopic (exact) mass is 334 g/mol. The average Bonchev–Trinajstić information content (AvgIpc) is 2.85. The van der Waals surface area contributed by atoms with E-state index in [0.717, 1.165) is 0 Å². The first kappa shape index (κ1) is 17.8. The first-order valence-corrected chi connectivity index (χ1v) is 7.72. The van der Waals surface area contributed by atoms with Crippen LogP contribution in [0.1, 0.15) is 33.6 Å². The number of amides is 1. The Morgan fingerprint density at radius 3 is 2.62 bits per heavy atom. The summed E-state index contributed by atoms with van der Waals surface area (Å²) in [5.41, 5.74) is 5.99. The fourth-order valence-electron chi connectivity index (χ4n) is 2.64. The normalized spacial score (nSPS) is 18.4. The lowest BCUT2D eigenvalue weighted by molar-refractivity contribution is -0.155. The minimum atomic E-state index is -0.723. The third kappa shape index (κ3) is 4.04. The lowest BCUT2D eigenvalue weighted by Gasteiger charge is -2.25. The Morgan fingerprint density at radius 2 is 2.04 bits per heavy atom. The van der Waals surface area contributed by atoms with Crippen LogP contribution >= 0.6 is 0 Å². The van der Waals surface area contributed by atoms with Crippen LogP contribution in [0.4, 0.5) is 0 Å². The Morgan fingerprint density at radius 1 is 1.38 bits per heavy atom. The van der Waals surface area contributed by atoms with E-state index in [9.17, 15) is 19.5 Å². The number of nitrogens with two attached hydrogens (primary N) is 1. The maximum atomic E-state index is 11.8. The van der Waals surface area contributed by atoms with Crippen LogP contribution in [0.15, 0.2) is 35.3 Å². The van der Waals surface area contributed by atoms with E-state index in [1.165, 1.54) is 6.08 Å². The molecule has 1 unspecified atom stereocenters. The summed E-state index contributed by atoms with van der Waals surface area (Å²) < 4.78 is 5.23. The molecule has 0 fully saturated rings. The molecule has 130 valence electrons. The number of hydrogen-bond donors (Lipinski definition) is 2. The van der Waals surface area contributed by atoms with Gasteiger partial charge in [0.1, 0.15) is 11.6 Å². The van der Waals surface area contributed by atoms with Crippen LogP contribution in [0.3, 0.4) is 0 Å². The number of esters is 1. The van der Waals surface area contributed by atoms with Gasteiger partial charge in [0.2, 0.25) is 11.7 Å². The Labute approximate surface area is 140 Å². The molecular weight excluding hydrogens is 312 g/mol. The maximum Gasteiger partial charge on any atom is 0.306 e. The summed E-state index contributed by atoms with van der Waals surface area (Å²) in [6.07, 6.45) is 4.76. The molecule has 0 aromatic carbocycles. The summed E-state index contributed by atoms with van der Waals surface area (Å²) in [4.78, 5) is 36.7. The van der Waals surface area contributed by atoms with Crippen LogP contribution < -0.4 is 5.73 Å². The number of carbonyl (C=O) groups excluding carboxylic acids is 3. The number of primary amides is 1. The van der Waals surface area contributed by atoms with E-state index in [1.54, 1.807) is 37.9 Å². The fourth-order valence-corrected chi connectivity index (χ4v) is 2.64. The minimum absolute atomic E-state index is 0.0460. The molecule has 1 aliphatic heterocycles. The molecule has 0 radical (unpaired) electrons. The highest BCUT2D eigenvalue weighted by atomic mass is 16.6. The Balaban J connectivity index is 2.07. The zero-order valence-corrected chi connectivity index (χ0v) is 14.0. The molecule has 0 saturated carbocycles. The van der Waals surface area contributed by atoms with Crippen molar-refractivity contribution in [2.45, 2.75) is 45.3 Å². The molecule has 3 N–H and O–H groups in total. The summed E-state index contributed by atoms with van der Waals surface area (Å²) in [5, 5.41) is 9.85. The van der Waals surface area contributed by atoms with Gasteiger partial charge in [-0.25, -0.2) is 0 Å². The number of fused-ring (bicyclic) bond motifs is 1. The van der Waals surface area contributed by atoms with Crippen molar-refractivity contribution in [3.63, 3.8) is 0 Å². The van der Waals surface area contributed by atoms with Gasteiger partial charge in [0, 0.05) is 24.7 Å². The predicted octanol–water partition coefficient (Wildman–Crippen LogP) is 1.11. The topological polar surface area (TPSA) is 110 Å². The van der Waals surface area contributed by atoms with Crippen LogP contribution in [0.25, 0.3) is 0 Å². The summed E-state index contributed by atoms with van der Waals surface area (Å²) in [5.74, 6) is -1.77. The van der Waals surface area contributed by atoms with Crippen molar-refractivity contribution in [3.8, 4) is 0 Å². The van der Waals surface area contributed by atoms with Gasteiger partial charge < -0.3 is 20.5 Å². The van der Waals surface area contributed by atoms with Crippen LogP contribution in [-0.2, 0) is 19.1 Å². The largest absolute Gasteiger partial charge is 0.504 e. The number of ketones is 1. The SMILES string of the molecule is CC(C)(C)OC(=O)CCC(C(N)=O)N1C=C2C=CC(=O)C(O)=C2C1. The number of hydrogen-bond acceptors (Lipinski definition) is 6. The Hall–Kier alpha value is -2.57. The smallest absolute Gasteiger partial charge is 0.306 e. The van der Waals surface area contributed by atoms with Gasteiger partial charge in [-0.05, 0) is 44.9 Å². The molecule has 24 heavy (non-hydrogen) atoms. The summed E-state index contributed by atoms with van der Waals surface area (Å²) in [6.45, 7) is 5.50. The van der Waals surface area contributed by atoms with Gasteiger partial charge in [-0.2, -0.15) is 0 Å². The number of aliphatic hydroxyl groups excluding tert-OH is 1. The third-order valence-electron chi connectivity index (χ3n) is 3.70. The average molecular weight is 334 g/mol. The molecule has 0 saturated heterocycles. The standard InChI is InChI=1S/C17H22N2O5/c1-17(2,3)24-14(21)7-5-12(16(18)23)19-8-10-4-6-13(20)15(22)11(10)9-19/h4,6,8,12,22H,5,7,9H2,1-3H3,(H2,18,23). The van der Waals surface area contributed by atoms with Crippen LogP contribution in [0.2, 0.25) is 0 Å². The molecule has 7 heteroatoms. The number of aliphatic hydroxyl groups is 1. The molecule has 1 heterocycles. The van der Waals surface area contributed by atoms with E-state index < -0.39 is 29.3 Å². The first-order valence-electron chi connectivity index (χ1n) is 7.72. The highest BCUT2D eigenvalue weighted by Crippen LogP contribution is 2.30. The number of allylic oxidation sites excluding steroid dienone is 2. The highest BCUT2D eigenvalue weighted by molar-refractivity contribution is 6.05. The van der Waals surface area contributed by atoms with Gasteiger partial charge in [0.05, 0.1) is 0 Å². The van der Waals surface area contributed by atoms with Crippen LogP contribution in [-0.4, -0.2) is 45.9 Å². The lowest BCUT2D eigenvalue weighted by atomic mass is 10.0. The van der Waals surface area contributed by atoms with Gasteiger partial charge in [0.25, 0.3) is 0 Å². The zero-order valence-electron chi connectivity index (χ0n) is 14.0. The molecule has 1 amide bonds. The van der Waals surface area contributed by atoms with Gasteiger partial charge in [-0.15, -0.1) is 0 Å². The molecule has 1 aliphatic carbocycles. The number of ether oxygens (including phenoxy) is 1. The van der Waals surface area contributed by atoms with Gasteiger partial charge in [-0.3, -0.25) is 14.4 Å². The quantitative estimate of drug-likeness (QED) is 0.729. The first-order chi connectivity index (χ1) is 11.1. The number of nitrogens with zero attached hydrogens (tertiary/aromatic N) is 1. The zero-order chi connectivity index (χ0) is 18.1. The van der Waals surface area contributed by atoms with Crippen LogP contribution in [0, 0.1) is 0 Å². The fraction of sp³-hybridized carbons (Fsp3) is 0.471. The number of rotatable bonds is 5. The molecule has 0 aromatic heterocycles.